The first-order valence-electron chi connectivity index (χ1n) is 7.98. The minimum absolute atomic E-state index is 0.0219. The summed E-state index contributed by atoms with van der Waals surface area (Å²) in [7, 11) is 0. The van der Waals surface area contributed by atoms with Crippen LogP contribution in [0.3, 0.4) is 0 Å². The average molecular weight is 572 g/mol. The van der Waals surface area contributed by atoms with Gasteiger partial charge in [0, 0.05) is 5.56 Å². The fourth-order valence-electron chi connectivity index (χ4n) is 2.00. The summed E-state index contributed by atoms with van der Waals surface area (Å²) in [5.41, 5.74) is 0.374. The predicted octanol–water partition coefficient (Wildman–Crippen LogP) is 5.24. The topological polar surface area (TPSA) is 112 Å². The number of alkyl halides is 6. The molecule has 2 aromatic rings. The second kappa shape index (κ2) is 10.7. The average Bonchev–Trinajstić information content (AvgIpc) is 2.64. The highest BCUT2D eigenvalue weighted by Crippen LogP contribution is 2.41. The third kappa shape index (κ3) is 8.13. The zero-order valence-electron chi connectivity index (χ0n) is 14.9. The van der Waals surface area contributed by atoms with Crippen LogP contribution in [0.25, 0.3) is 11.4 Å². The maximum Gasteiger partial charge on any atom is 0.317 e. The molecule has 0 aliphatic heterocycles. The molecule has 1 N–H and O–H groups in total. The molecule has 168 valence electrons. The smallest absolute Gasteiger partial charge is 0.317 e. The number of nitrogens with zero attached hydrogens (tertiary/aromatic N) is 3. The van der Waals surface area contributed by atoms with Crippen LogP contribution in [0.15, 0.2) is 18.2 Å². The predicted molar refractivity (Wildman–Crippen MR) is 117 cm³/mol. The molecule has 1 aromatic heterocycles. The lowest BCUT2D eigenvalue weighted by molar-refractivity contribution is -0.151. The molecule has 15 heteroatoms. The van der Waals surface area contributed by atoms with Crippen molar-refractivity contribution in [3.05, 3.63) is 34.9 Å². The zero-order valence-corrected chi connectivity index (χ0v) is 20.2. The maximum atomic E-state index is 11.2. The van der Waals surface area contributed by atoms with Crippen LogP contribution in [0.2, 0.25) is 5.02 Å². The minimum Gasteiger partial charge on any atom is -0.488 e. The van der Waals surface area contributed by atoms with Crippen molar-refractivity contribution in [1.29, 1.82) is 0 Å². The van der Waals surface area contributed by atoms with Crippen molar-refractivity contribution in [1.82, 2.24) is 15.0 Å². The van der Waals surface area contributed by atoms with Crippen LogP contribution in [-0.2, 0) is 21.9 Å². The third-order valence-corrected chi connectivity index (χ3v) is 4.54. The van der Waals surface area contributed by atoms with E-state index >= 15 is 0 Å². The molecule has 1 aromatic carbocycles. The quantitative estimate of drug-likeness (QED) is 0.208. The summed E-state index contributed by atoms with van der Waals surface area (Å²) in [6.07, 6.45) is -0.742. The number of esters is 1. The number of hydrogen-bond donors (Lipinski definition) is 1. The molecule has 0 aliphatic rings. The summed E-state index contributed by atoms with van der Waals surface area (Å²) in [6, 6.07) is 4.48. The van der Waals surface area contributed by atoms with Crippen LogP contribution in [-0.4, -0.2) is 45.2 Å². The van der Waals surface area contributed by atoms with Gasteiger partial charge in [0.25, 0.3) is 0 Å². The van der Waals surface area contributed by atoms with E-state index in [2.05, 4.69) is 15.0 Å². The minimum atomic E-state index is -2.01. The lowest BCUT2D eigenvalue weighted by atomic mass is 10.2. The number of carbonyl (C=O) groups excluding carboxylic acids is 1. The van der Waals surface area contributed by atoms with Gasteiger partial charge in [-0.2, -0.15) is 0 Å². The summed E-state index contributed by atoms with van der Waals surface area (Å²) >= 11 is 41.3. The number of aliphatic carboxylic acids is 1. The molecule has 8 nitrogen and oxygen atoms in total. The number of rotatable bonds is 7. The normalized spacial score (nSPS) is 11.8. The molecule has 2 rings (SSSR count). The van der Waals surface area contributed by atoms with E-state index in [4.69, 9.17) is 95.8 Å². The molecule has 1 heterocycles. The second-order valence-corrected chi connectivity index (χ2v) is 10.6. The lowest BCUT2D eigenvalue weighted by Crippen LogP contribution is -2.16. The molecule has 0 fully saturated rings. The molecular formula is C16H10Cl7N3O5. The molecule has 0 radical (unpaired) electrons. The lowest BCUT2D eigenvalue weighted by Gasteiger charge is -2.16. The van der Waals surface area contributed by atoms with Gasteiger partial charge in [-0.15, -0.1) is 0 Å². The van der Waals surface area contributed by atoms with E-state index in [9.17, 15) is 9.59 Å². The highest BCUT2D eigenvalue weighted by Gasteiger charge is 2.34. The van der Waals surface area contributed by atoms with E-state index in [-0.39, 0.29) is 41.5 Å². The van der Waals surface area contributed by atoms with Crippen LogP contribution < -0.4 is 4.74 Å². The Morgan fingerprint density at radius 2 is 1.52 bits per heavy atom. The Hall–Kier alpha value is -1.000. The number of carboxylic acids is 1. The van der Waals surface area contributed by atoms with Gasteiger partial charge >= 0.3 is 11.9 Å². The Balaban J connectivity index is 2.19. The fourth-order valence-corrected chi connectivity index (χ4v) is 2.74. The summed E-state index contributed by atoms with van der Waals surface area (Å²) in [4.78, 5) is 33.6. The maximum absolute atomic E-state index is 11.2. The van der Waals surface area contributed by atoms with Crippen molar-refractivity contribution in [2.75, 3.05) is 13.2 Å². The van der Waals surface area contributed by atoms with Crippen LogP contribution in [0.1, 0.15) is 18.1 Å². The highest BCUT2D eigenvalue weighted by atomic mass is 35.6. The largest absolute Gasteiger partial charge is 0.488 e. The van der Waals surface area contributed by atoms with Crippen molar-refractivity contribution < 1.29 is 24.2 Å². The van der Waals surface area contributed by atoms with E-state index in [1.807, 2.05) is 0 Å². The molecule has 0 unspecified atom stereocenters. The SMILES string of the molecule is O=C(O)CC(=O)OCCOc1ccc(-c2nc(C(Cl)(Cl)Cl)nc(C(Cl)(Cl)Cl)n2)cc1Cl. The van der Waals surface area contributed by atoms with E-state index < -0.39 is 25.9 Å². The zero-order chi connectivity index (χ0) is 23.4. The Labute approximate surface area is 210 Å². The van der Waals surface area contributed by atoms with Crippen molar-refractivity contribution in [2.24, 2.45) is 0 Å². The number of hydrogen-bond acceptors (Lipinski definition) is 7. The summed E-state index contributed by atoms with van der Waals surface area (Å²) < 4.78 is 6.10. The van der Waals surface area contributed by atoms with Crippen molar-refractivity contribution >= 4 is 93.1 Å². The Kier molecular flexibility index (Phi) is 9.10. The van der Waals surface area contributed by atoms with Crippen molar-refractivity contribution in [2.45, 2.75) is 14.0 Å². The molecule has 0 bridgehead atoms. The van der Waals surface area contributed by atoms with Gasteiger partial charge < -0.3 is 14.6 Å². The van der Waals surface area contributed by atoms with Crippen LogP contribution in [0.5, 0.6) is 5.75 Å². The molecule has 0 aliphatic carbocycles. The van der Waals surface area contributed by atoms with Gasteiger partial charge in [-0.3, -0.25) is 9.59 Å². The molecule has 0 amide bonds. The van der Waals surface area contributed by atoms with E-state index in [1.165, 1.54) is 18.2 Å². The van der Waals surface area contributed by atoms with Crippen molar-refractivity contribution in [3.8, 4) is 17.1 Å². The van der Waals surface area contributed by atoms with Gasteiger partial charge in [0.1, 0.15) is 25.4 Å². The third-order valence-electron chi connectivity index (χ3n) is 3.23. The molecule has 0 saturated heterocycles. The molecule has 0 spiro atoms. The van der Waals surface area contributed by atoms with Crippen molar-refractivity contribution in [3.63, 3.8) is 0 Å². The van der Waals surface area contributed by atoms with Gasteiger partial charge in [-0.25, -0.2) is 15.0 Å². The number of benzene rings is 1. The molecule has 0 atom stereocenters. The number of carbonyl (C=O) groups is 2. The first kappa shape index (κ1) is 26.3. The molecular weight excluding hydrogens is 562 g/mol. The summed E-state index contributed by atoms with van der Waals surface area (Å²) in [5, 5.41) is 8.64. The number of ether oxygens (including phenoxy) is 2. The van der Waals surface area contributed by atoms with E-state index in [1.54, 1.807) is 0 Å². The first-order chi connectivity index (χ1) is 14.3. The monoisotopic (exact) mass is 569 g/mol. The van der Waals surface area contributed by atoms with Crippen LogP contribution in [0, 0.1) is 0 Å². The van der Waals surface area contributed by atoms with Crippen LogP contribution in [0.4, 0.5) is 0 Å². The Morgan fingerprint density at radius 3 is 2.00 bits per heavy atom. The van der Waals surface area contributed by atoms with Gasteiger partial charge in [-0.05, 0) is 18.2 Å². The van der Waals surface area contributed by atoms with Gasteiger partial charge in [0.2, 0.25) is 7.59 Å². The summed E-state index contributed by atoms with van der Waals surface area (Å²) in [6.45, 7) is -0.234. The van der Waals surface area contributed by atoms with E-state index in [0.717, 1.165) is 0 Å². The molecule has 0 saturated carbocycles. The van der Waals surface area contributed by atoms with Gasteiger partial charge in [-0.1, -0.05) is 81.2 Å². The number of carboxylic acid groups (broad SMARTS) is 1. The highest BCUT2D eigenvalue weighted by molar-refractivity contribution is 6.67. The first-order valence-corrected chi connectivity index (χ1v) is 10.6. The van der Waals surface area contributed by atoms with E-state index in [0.29, 0.717) is 5.56 Å². The molecule has 31 heavy (non-hydrogen) atoms. The number of halogens is 7. The second-order valence-electron chi connectivity index (χ2n) is 5.59. The fraction of sp³-hybridized carbons (Fsp3) is 0.312. The Morgan fingerprint density at radius 1 is 0.935 bits per heavy atom. The number of aromatic nitrogens is 3. The summed E-state index contributed by atoms with van der Waals surface area (Å²) in [5.74, 6) is -2.43. The Bertz CT molecular complexity index is 947. The van der Waals surface area contributed by atoms with Crippen LogP contribution >= 0.6 is 81.2 Å². The van der Waals surface area contributed by atoms with Gasteiger partial charge in [0.15, 0.2) is 17.5 Å². The van der Waals surface area contributed by atoms with Gasteiger partial charge in [0.05, 0.1) is 5.02 Å². The standard InChI is InChI=1S/C16H10Cl7N3O5/c17-8-5-7(1-2-9(8)30-3-4-31-11(29)6-10(27)28)12-24-13(15(18,19)20)26-14(25-12)16(21,22)23/h1-2,5H,3-4,6H2,(H,27,28).